The van der Waals surface area contributed by atoms with Crippen molar-refractivity contribution in [2.45, 2.75) is 12.8 Å². The van der Waals surface area contributed by atoms with Crippen LogP contribution in [0.1, 0.15) is 12.8 Å². The molecule has 0 saturated carbocycles. The highest BCUT2D eigenvalue weighted by Gasteiger charge is 2.27. The summed E-state index contributed by atoms with van der Waals surface area (Å²) in [5.41, 5.74) is 0.432. The fourth-order valence-corrected chi connectivity index (χ4v) is 4.43. The minimum atomic E-state index is -0.285. The number of halogens is 1. The summed E-state index contributed by atoms with van der Waals surface area (Å²) in [6.45, 7) is 1.49. The summed E-state index contributed by atoms with van der Waals surface area (Å²) in [5, 5.41) is 6.17. The first-order valence-electron chi connectivity index (χ1n) is 7.71. The molecule has 1 aliphatic heterocycles. The van der Waals surface area contributed by atoms with Gasteiger partial charge in [-0.3, -0.25) is 4.79 Å². The Kier molecular flexibility index (Phi) is 4.15. The fourth-order valence-electron chi connectivity index (χ4n) is 2.86. The third kappa shape index (κ3) is 2.99. The second-order valence-electron chi connectivity index (χ2n) is 5.67. The number of thiazole rings is 2. The lowest BCUT2D eigenvalue weighted by molar-refractivity contribution is -0.120. The number of aromatic nitrogens is 2. The molecule has 5 nitrogen and oxygen atoms in total. The first-order chi connectivity index (χ1) is 11.7. The Morgan fingerprint density at radius 2 is 2.17 bits per heavy atom. The standard InChI is InChI=1S/C16H15FN4OS2/c17-11-2-1-3-12-13(11)19-16(24-12)21-7-4-10(5-8-21)14(22)20-15-18-6-9-23-15/h1-3,6,9-10H,4-5,7-8H2,(H,18,20,22). The molecule has 0 atom stereocenters. The van der Waals surface area contributed by atoms with Gasteiger partial charge in [-0.05, 0) is 25.0 Å². The van der Waals surface area contributed by atoms with Gasteiger partial charge in [0.25, 0.3) is 0 Å². The molecule has 0 unspecified atom stereocenters. The molecule has 1 aliphatic rings. The van der Waals surface area contributed by atoms with Gasteiger partial charge in [0.1, 0.15) is 11.3 Å². The van der Waals surface area contributed by atoms with Crippen molar-refractivity contribution in [3.05, 3.63) is 35.6 Å². The third-order valence-corrected chi connectivity index (χ3v) is 5.93. The van der Waals surface area contributed by atoms with E-state index in [1.165, 1.54) is 28.7 Å². The van der Waals surface area contributed by atoms with Crippen molar-refractivity contribution in [2.75, 3.05) is 23.3 Å². The van der Waals surface area contributed by atoms with Crippen LogP contribution in [0.3, 0.4) is 0 Å². The molecule has 1 amide bonds. The van der Waals surface area contributed by atoms with E-state index in [2.05, 4.69) is 20.2 Å². The topological polar surface area (TPSA) is 58.1 Å². The zero-order valence-electron chi connectivity index (χ0n) is 12.7. The molecule has 1 fully saturated rings. The number of anilines is 2. The Labute approximate surface area is 146 Å². The maximum absolute atomic E-state index is 13.8. The predicted octanol–water partition coefficient (Wildman–Crippen LogP) is 3.75. The van der Waals surface area contributed by atoms with E-state index in [1.54, 1.807) is 12.3 Å². The summed E-state index contributed by atoms with van der Waals surface area (Å²) in [7, 11) is 0. The van der Waals surface area contributed by atoms with Gasteiger partial charge >= 0.3 is 0 Å². The van der Waals surface area contributed by atoms with Gasteiger partial charge in [0, 0.05) is 30.6 Å². The van der Waals surface area contributed by atoms with Gasteiger partial charge in [-0.15, -0.1) is 11.3 Å². The number of hydrogen-bond donors (Lipinski definition) is 1. The van der Waals surface area contributed by atoms with E-state index in [9.17, 15) is 9.18 Å². The van der Waals surface area contributed by atoms with Crippen LogP contribution in [0.5, 0.6) is 0 Å². The normalized spacial score (nSPS) is 15.8. The molecule has 0 bridgehead atoms. The summed E-state index contributed by atoms with van der Waals surface area (Å²) < 4.78 is 14.6. The van der Waals surface area contributed by atoms with Crippen molar-refractivity contribution in [3.8, 4) is 0 Å². The maximum atomic E-state index is 13.8. The number of amides is 1. The lowest BCUT2D eigenvalue weighted by Crippen LogP contribution is -2.38. The number of rotatable bonds is 3. The Balaban J connectivity index is 1.41. The maximum Gasteiger partial charge on any atom is 0.229 e. The van der Waals surface area contributed by atoms with E-state index >= 15 is 0 Å². The van der Waals surface area contributed by atoms with Crippen molar-refractivity contribution in [2.24, 2.45) is 5.92 Å². The average Bonchev–Trinajstić information content (AvgIpc) is 3.25. The summed E-state index contributed by atoms with van der Waals surface area (Å²) in [6.07, 6.45) is 3.19. The molecule has 1 saturated heterocycles. The quantitative estimate of drug-likeness (QED) is 0.771. The van der Waals surface area contributed by atoms with E-state index in [4.69, 9.17) is 0 Å². The summed E-state index contributed by atoms with van der Waals surface area (Å²) in [6, 6.07) is 5.02. The highest BCUT2D eigenvalue weighted by molar-refractivity contribution is 7.22. The number of piperidine rings is 1. The predicted molar refractivity (Wildman–Crippen MR) is 95.3 cm³/mol. The number of carbonyl (C=O) groups is 1. The number of nitrogens with one attached hydrogen (secondary N) is 1. The molecular formula is C16H15FN4OS2. The first-order valence-corrected chi connectivity index (χ1v) is 9.40. The van der Waals surface area contributed by atoms with E-state index in [0.717, 1.165) is 35.8 Å². The molecule has 1 N–H and O–H groups in total. The highest BCUT2D eigenvalue weighted by atomic mass is 32.1. The van der Waals surface area contributed by atoms with Crippen LogP contribution in [-0.2, 0) is 4.79 Å². The van der Waals surface area contributed by atoms with E-state index < -0.39 is 0 Å². The van der Waals surface area contributed by atoms with Crippen LogP contribution in [0.15, 0.2) is 29.8 Å². The minimum absolute atomic E-state index is 0.0173. The average molecular weight is 362 g/mol. The lowest BCUT2D eigenvalue weighted by Gasteiger charge is -2.30. The van der Waals surface area contributed by atoms with Crippen LogP contribution < -0.4 is 10.2 Å². The van der Waals surface area contributed by atoms with Crippen LogP contribution in [-0.4, -0.2) is 29.0 Å². The Hall–Kier alpha value is -2.06. The van der Waals surface area contributed by atoms with Gasteiger partial charge in [-0.1, -0.05) is 17.4 Å². The molecular weight excluding hydrogens is 347 g/mol. The minimum Gasteiger partial charge on any atom is -0.348 e. The summed E-state index contributed by atoms with van der Waals surface area (Å²) >= 11 is 2.92. The molecule has 2 aromatic heterocycles. The van der Waals surface area contributed by atoms with Gasteiger partial charge in [-0.2, -0.15) is 0 Å². The number of fused-ring (bicyclic) bond motifs is 1. The third-order valence-electron chi connectivity index (χ3n) is 4.16. The largest absolute Gasteiger partial charge is 0.348 e. The smallest absolute Gasteiger partial charge is 0.229 e. The summed E-state index contributed by atoms with van der Waals surface area (Å²) in [4.78, 5) is 22.9. The van der Waals surface area contributed by atoms with Crippen molar-refractivity contribution in [1.29, 1.82) is 0 Å². The van der Waals surface area contributed by atoms with Crippen molar-refractivity contribution in [1.82, 2.24) is 9.97 Å². The van der Waals surface area contributed by atoms with Gasteiger partial charge in [-0.25, -0.2) is 14.4 Å². The van der Waals surface area contributed by atoms with Crippen LogP contribution in [0.4, 0.5) is 14.7 Å². The molecule has 3 aromatic rings. The van der Waals surface area contributed by atoms with Crippen LogP contribution in [0.25, 0.3) is 10.2 Å². The molecule has 0 radical (unpaired) electrons. The molecule has 24 heavy (non-hydrogen) atoms. The molecule has 124 valence electrons. The van der Waals surface area contributed by atoms with Crippen LogP contribution in [0.2, 0.25) is 0 Å². The first kappa shape index (κ1) is 15.5. The van der Waals surface area contributed by atoms with E-state index in [-0.39, 0.29) is 17.6 Å². The second-order valence-corrected chi connectivity index (χ2v) is 7.57. The molecule has 1 aromatic carbocycles. The molecule has 0 aliphatic carbocycles. The SMILES string of the molecule is O=C(Nc1nccs1)C1CCN(c2nc3c(F)cccc3s2)CC1. The second kappa shape index (κ2) is 6.45. The monoisotopic (exact) mass is 362 g/mol. The van der Waals surface area contributed by atoms with Gasteiger partial charge in [0.05, 0.1) is 4.70 Å². The van der Waals surface area contributed by atoms with Crippen LogP contribution >= 0.6 is 22.7 Å². The zero-order chi connectivity index (χ0) is 16.5. The van der Waals surface area contributed by atoms with Crippen molar-refractivity contribution < 1.29 is 9.18 Å². The van der Waals surface area contributed by atoms with Gasteiger partial charge in [0.15, 0.2) is 10.3 Å². The molecule has 8 heteroatoms. The molecule has 0 spiro atoms. The highest BCUT2D eigenvalue weighted by Crippen LogP contribution is 2.32. The Bertz CT molecular complexity index is 856. The number of para-hydroxylation sites is 1. The zero-order valence-corrected chi connectivity index (χ0v) is 14.4. The summed E-state index contributed by atoms with van der Waals surface area (Å²) in [5.74, 6) is -0.274. The fraction of sp³-hybridized carbons (Fsp3) is 0.312. The van der Waals surface area contributed by atoms with Gasteiger partial charge in [0.2, 0.25) is 5.91 Å². The Morgan fingerprint density at radius 3 is 2.88 bits per heavy atom. The lowest BCUT2D eigenvalue weighted by atomic mass is 9.96. The molecule has 4 rings (SSSR count). The number of carbonyl (C=O) groups excluding carboxylic acids is 1. The van der Waals surface area contributed by atoms with Crippen molar-refractivity contribution in [3.63, 3.8) is 0 Å². The van der Waals surface area contributed by atoms with E-state index in [1.807, 2.05) is 11.4 Å². The molecule has 3 heterocycles. The number of hydrogen-bond acceptors (Lipinski definition) is 6. The van der Waals surface area contributed by atoms with Gasteiger partial charge < -0.3 is 10.2 Å². The number of nitrogens with zero attached hydrogens (tertiary/aromatic N) is 3. The van der Waals surface area contributed by atoms with E-state index in [0.29, 0.717) is 10.6 Å². The Morgan fingerprint density at radius 1 is 1.33 bits per heavy atom. The number of benzene rings is 1. The van der Waals surface area contributed by atoms with Crippen LogP contribution in [0, 0.1) is 11.7 Å². The van der Waals surface area contributed by atoms with Crippen molar-refractivity contribution >= 4 is 49.1 Å².